The fraction of sp³-hybridized carbons (Fsp3) is 0.519. The maximum Gasteiger partial charge on any atom is 0.309 e. The first-order valence-corrected chi connectivity index (χ1v) is 11.9. The summed E-state index contributed by atoms with van der Waals surface area (Å²) in [5, 5.41) is 0. The average Bonchev–Trinajstić information content (AvgIpc) is 2.94. The number of carbonyl (C=O) groups excluding carboxylic acids is 1. The normalized spacial score (nSPS) is 18.1. The highest BCUT2D eigenvalue weighted by atomic mass is 16.5. The Kier molecular flexibility index (Phi) is 6.96. The van der Waals surface area contributed by atoms with Gasteiger partial charge in [0.15, 0.2) is 0 Å². The van der Waals surface area contributed by atoms with Crippen molar-refractivity contribution in [2.75, 3.05) is 31.1 Å². The molecule has 0 amide bonds. The molecule has 0 saturated carbocycles. The molecule has 0 spiro atoms. The molecule has 2 aliphatic rings. The van der Waals surface area contributed by atoms with Crippen LogP contribution in [0.2, 0.25) is 0 Å². The van der Waals surface area contributed by atoms with Crippen LogP contribution in [-0.2, 0) is 22.4 Å². The second-order valence-corrected chi connectivity index (χ2v) is 9.14. The Labute approximate surface area is 187 Å². The summed E-state index contributed by atoms with van der Waals surface area (Å²) in [6, 6.07) is 16.2. The molecule has 0 aliphatic carbocycles. The monoisotopic (exact) mass is 420 g/mol. The van der Waals surface area contributed by atoms with Gasteiger partial charge in [0.05, 0.1) is 12.5 Å². The van der Waals surface area contributed by atoms with Crippen molar-refractivity contribution in [3.05, 3.63) is 59.2 Å². The van der Waals surface area contributed by atoms with E-state index in [-0.39, 0.29) is 11.9 Å². The molecule has 1 saturated heterocycles. The highest BCUT2D eigenvalue weighted by Gasteiger charge is 2.28. The summed E-state index contributed by atoms with van der Waals surface area (Å²) in [7, 11) is 0. The van der Waals surface area contributed by atoms with Crippen LogP contribution in [0.1, 0.15) is 49.8 Å². The van der Waals surface area contributed by atoms with Gasteiger partial charge in [0.1, 0.15) is 0 Å². The van der Waals surface area contributed by atoms with Crippen molar-refractivity contribution in [1.82, 2.24) is 4.90 Å². The van der Waals surface area contributed by atoms with Crippen LogP contribution in [0.3, 0.4) is 0 Å². The number of benzene rings is 2. The summed E-state index contributed by atoms with van der Waals surface area (Å²) >= 11 is 0. The predicted octanol–water partition coefficient (Wildman–Crippen LogP) is 5.29. The topological polar surface area (TPSA) is 32.8 Å². The molecule has 2 heterocycles. The quantitative estimate of drug-likeness (QED) is 0.595. The van der Waals surface area contributed by atoms with Crippen LogP contribution in [0.5, 0.6) is 0 Å². The molecule has 1 atom stereocenters. The van der Waals surface area contributed by atoms with Gasteiger partial charge in [-0.3, -0.25) is 4.79 Å². The number of anilines is 2. The number of nitrogens with zero attached hydrogens (tertiary/aromatic N) is 2. The van der Waals surface area contributed by atoms with Crippen molar-refractivity contribution in [3.8, 4) is 0 Å². The number of esters is 1. The van der Waals surface area contributed by atoms with Crippen molar-refractivity contribution in [2.45, 2.75) is 58.9 Å². The SMILES string of the molecule is CCOC(=O)C1CCN(CCC(C)N2c3ccccc3CCc3ccc(C)cc32)CC1. The van der Waals surface area contributed by atoms with Gasteiger partial charge in [-0.25, -0.2) is 0 Å². The Morgan fingerprint density at radius 1 is 1.06 bits per heavy atom. The van der Waals surface area contributed by atoms with Gasteiger partial charge < -0.3 is 14.5 Å². The Hall–Kier alpha value is -2.33. The maximum atomic E-state index is 12.0. The first-order valence-electron chi connectivity index (χ1n) is 11.9. The van der Waals surface area contributed by atoms with Gasteiger partial charge in [0, 0.05) is 24.0 Å². The molecule has 4 heteroatoms. The van der Waals surface area contributed by atoms with E-state index in [2.05, 4.69) is 66.1 Å². The summed E-state index contributed by atoms with van der Waals surface area (Å²) in [5.41, 5.74) is 6.94. The van der Waals surface area contributed by atoms with E-state index in [4.69, 9.17) is 4.74 Å². The fourth-order valence-corrected chi connectivity index (χ4v) is 5.09. The standard InChI is InChI=1S/C27H36N2O2/c1-4-31-27(30)24-14-17-28(18-15-24)16-13-21(3)29-25-8-6-5-7-22(25)11-12-23-10-9-20(2)19-26(23)29/h5-10,19,21,24H,4,11-18H2,1-3H3. The third kappa shape index (κ3) is 4.95. The number of aryl methyl sites for hydroxylation is 3. The lowest BCUT2D eigenvalue weighted by atomic mass is 9.96. The van der Waals surface area contributed by atoms with Crippen LogP contribution in [-0.4, -0.2) is 43.2 Å². The number of hydrogen-bond donors (Lipinski definition) is 0. The lowest BCUT2D eigenvalue weighted by Gasteiger charge is -2.36. The molecule has 166 valence electrons. The van der Waals surface area contributed by atoms with Gasteiger partial charge in [-0.2, -0.15) is 0 Å². The van der Waals surface area contributed by atoms with Crippen LogP contribution in [0.15, 0.2) is 42.5 Å². The number of carbonyl (C=O) groups is 1. The molecular formula is C27H36N2O2. The molecule has 1 unspecified atom stereocenters. The number of rotatable bonds is 6. The average molecular weight is 421 g/mol. The van der Waals surface area contributed by atoms with E-state index in [0.29, 0.717) is 12.6 Å². The molecule has 2 aromatic rings. The van der Waals surface area contributed by atoms with E-state index in [0.717, 1.165) is 51.7 Å². The van der Waals surface area contributed by atoms with Gasteiger partial charge in [-0.05, 0) is 94.8 Å². The minimum atomic E-state index is -0.0105. The summed E-state index contributed by atoms with van der Waals surface area (Å²) in [4.78, 5) is 17.1. The summed E-state index contributed by atoms with van der Waals surface area (Å²) < 4.78 is 5.22. The van der Waals surface area contributed by atoms with Gasteiger partial charge in [-0.1, -0.05) is 30.3 Å². The van der Waals surface area contributed by atoms with Gasteiger partial charge in [-0.15, -0.1) is 0 Å². The molecule has 0 bridgehead atoms. The Morgan fingerprint density at radius 2 is 1.77 bits per heavy atom. The van der Waals surface area contributed by atoms with E-state index in [1.54, 1.807) is 0 Å². The highest BCUT2D eigenvalue weighted by Crippen LogP contribution is 2.38. The Morgan fingerprint density at radius 3 is 2.52 bits per heavy atom. The molecule has 2 aliphatic heterocycles. The van der Waals surface area contributed by atoms with E-state index < -0.39 is 0 Å². The minimum absolute atomic E-state index is 0.0105. The molecule has 1 fully saturated rings. The number of likely N-dealkylation sites (tertiary alicyclic amines) is 1. The molecule has 0 radical (unpaired) electrons. The molecule has 0 aromatic heterocycles. The van der Waals surface area contributed by atoms with E-state index in [1.165, 1.54) is 28.1 Å². The third-order valence-corrected chi connectivity index (χ3v) is 6.93. The van der Waals surface area contributed by atoms with Gasteiger partial charge in [0.2, 0.25) is 0 Å². The number of fused-ring (bicyclic) bond motifs is 2. The molecule has 4 rings (SSSR count). The lowest BCUT2D eigenvalue weighted by Crippen LogP contribution is -2.40. The van der Waals surface area contributed by atoms with E-state index >= 15 is 0 Å². The van der Waals surface area contributed by atoms with Crippen molar-refractivity contribution in [1.29, 1.82) is 0 Å². The van der Waals surface area contributed by atoms with Crippen LogP contribution < -0.4 is 4.90 Å². The molecule has 4 nitrogen and oxygen atoms in total. The zero-order valence-electron chi connectivity index (χ0n) is 19.3. The van der Waals surface area contributed by atoms with E-state index in [1.807, 2.05) is 6.92 Å². The van der Waals surface area contributed by atoms with E-state index in [9.17, 15) is 4.79 Å². The largest absolute Gasteiger partial charge is 0.466 e. The lowest BCUT2D eigenvalue weighted by molar-refractivity contribution is -0.149. The molecule has 0 N–H and O–H groups in total. The van der Waals surface area contributed by atoms with Crippen LogP contribution in [0, 0.1) is 12.8 Å². The Bertz CT molecular complexity index is 902. The number of hydrogen-bond acceptors (Lipinski definition) is 4. The maximum absolute atomic E-state index is 12.0. The first kappa shape index (κ1) is 21.9. The first-order chi connectivity index (χ1) is 15.1. The van der Waals surface area contributed by atoms with Crippen LogP contribution in [0.25, 0.3) is 0 Å². The fourth-order valence-electron chi connectivity index (χ4n) is 5.09. The van der Waals surface area contributed by atoms with Crippen molar-refractivity contribution < 1.29 is 9.53 Å². The predicted molar refractivity (Wildman–Crippen MR) is 127 cm³/mol. The summed E-state index contributed by atoms with van der Waals surface area (Å²) in [6.07, 6.45) is 5.13. The number of piperidine rings is 1. The van der Waals surface area contributed by atoms with Crippen LogP contribution >= 0.6 is 0 Å². The molecule has 31 heavy (non-hydrogen) atoms. The number of ether oxygens (including phenoxy) is 1. The van der Waals surface area contributed by atoms with Crippen molar-refractivity contribution in [3.63, 3.8) is 0 Å². The second-order valence-electron chi connectivity index (χ2n) is 9.14. The molecular weight excluding hydrogens is 384 g/mol. The third-order valence-electron chi connectivity index (χ3n) is 6.93. The zero-order valence-corrected chi connectivity index (χ0v) is 19.3. The van der Waals surface area contributed by atoms with Gasteiger partial charge in [0.25, 0.3) is 0 Å². The zero-order chi connectivity index (χ0) is 21.8. The highest BCUT2D eigenvalue weighted by molar-refractivity contribution is 5.73. The van der Waals surface area contributed by atoms with Crippen molar-refractivity contribution >= 4 is 17.3 Å². The second kappa shape index (κ2) is 9.86. The smallest absolute Gasteiger partial charge is 0.309 e. The molecule has 2 aromatic carbocycles. The van der Waals surface area contributed by atoms with Crippen molar-refractivity contribution in [2.24, 2.45) is 5.92 Å². The van der Waals surface area contributed by atoms with Crippen LogP contribution in [0.4, 0.5) is 11.4 Å². The van der Waals surface area contributed by atoms with Gasteiger partial charge >= 0.3 is 5.97 Å². The summed E-state index contributed by atoms with van der Waals surface area (Å²) in [5.74, 6) is 0.0737. The summed E-state index contributed by atoms with van der Waals surface area (Å²) in [6.45, 7) is 9.96. The Balaban J connectivity index is 1.46. The number of para-hydroxylation sites is 1. The minimum Gasteiger partial charge on any atom is -0.466 e.